The maximum atomic E-state index is 13.0. The molecule has 1 aromatic carbocycles. The average Bonchev–Trinajstić information content (AvgIpc) is 2.08. The number of alkyl halides is 1. The lowest BCUT2D eigenvalue weighted by Crippen LogP contribution is -1.93. The Morgan fingerprint density at radius 2 is 2.17 bits per heavy atom. The SMILES string of the molecule is Cc1c(F)cccc1CCCCl. The van der Waals surface area contributed by atoms with Crippen LogP contribution >= 0.6 is 11.6 Å². The second-order valence-electron chi connectivity index (χ2n) is 2.82. The van der Waals surface area contributed by atoms with Crippen LogP contribution in [0.4, 0.5) is 4.39 Å². The minimum Gasteiger partial charge on any atom is -0.207 e. The zero-order chi connectivity index (χ0) is 8.97. The summed E-state index contributed by atoms with van der Waals surface area (Å²) in [6.07, 6.45) is 1.78. The Labute approximate surface area is 77.4 Å². The molecule has 1 aromatic rings. The van der Waals surface area contributed by atoms with Gasteiger partial charge < -0.3 is 0 Å². The van der Waals surface area contributed by atoms with Crippen molar-refractivity contribution in [1.82, 2.24) is 0 Å². The summed E-state index contributed by atoms with van der Waals surface area (Å²) in [7, 11) is 0. The van der Waals surface area contributed by atoms with Gasteiger partial charge in [0.1, 0.15) is 5.82 Å². The monoisotopic (exact) mass is 186 g/mol. The first-order chi connectivity index (χ1) is 5.75. The molecule has 0 fully saturated rings. The molecule has 0 atom stereocenters. The molecule has 0 N–H and O–H groups in total. The van der Waals surface area contributed by atoms with Gasteiger partial charge in [-0.15, -0.1) is 11.6 Å². The van der Waals surface area contributed by atoms with Gasteiger partial charge in [-0.05, 0) is 37.0 Å². The van der Waals surface area contributed by atoms with Crippen molar-refractivity contribution in [3.05, 3.63) is 35.1 Å². The first kappa shape index (κ1) is 9.53. The van der Waals surface area contributed by atoms with Crippen LogP contribution in [-0.4, -0.2) is 5.88 Å². The van der Waals surface area contributed by atoms with Gasteiger partial charge in [0.15, 0.2) is 0 Å². The largest absolute Gasteiger partial charge is 0.207 e. The fraction of sp³-hybridized carbons (Fsp3) is 0.400. The van der Waals surface area contributed by atoms with Crippen LogP contribution in [-0.2, 0) is 6.42 Å². The predicted molar refractivity (Wildman–Crippen MR) is 50.2 cm³/mol. The second kappa shape index (κ2) is 4.46. The molecule has 2 heteroatoms. The quantitative estimate of drug-likeness (QED) is 0.636. The molecular formula is C10H12ClF. The van der Waals surface area contributed by atoms with Gasteiger partial charge in [-0.3, -0.25) is 0 Å². The highest BCUT2D eigenvalue weighted by atomic mass is 35.5. The first-order valence-corrected chi connectivity index (χ1v) is 4.59. The molecule has 0 radical (unpaired) electrons. The molecule has 0 aliphatic heterocycles. The maximum absolute atomic E-state index is 13.0. The van der Waals surface area contributed by atoms with E-state index < -0.39 is 0 Å². The minimum atomic E-state index is -0.123. The van der Waals surface area contributed by atoms with E-state index in [0.29, 0.717) is 5.88 Å². The van der Waals surface area contributed by atoms with Crippen LogP contribution in [0.25, 0.3) is 0 Å². The molecule has 0 spiro atoms. The Bertz CT molecular complexity index is 258. The molecule has 0 saturated carbocycles. The van der Waals surface area contributed by atoms with Crippen LogP contribution in [0, 0.1) is 12.7 Å². The van der Waals surface area contributed by atoms with E-state index in [1.807, 2.05) is 6.07 Å². The highest BCUT2D eigenvalue weighted by Crippen LogP contribution is 2.13. The molecule has 0 amide bonds. The maximum Gasteiger partial charge on any atom is 0.126 e. The normalized spacial score (nSPS) is 10.2. The number of halogens is 2. The molecular weight excluding hydrogens is 175 g/mol. The number of aryl methyl sites for hydroxylation is 1. The molecule has 0 unspecified atom stereocenters. The van der Waals surface area contributed by atoms with E-state index in [2.05, 4.69) is 0 Å². The molecule has 1 rings (SSSR count). The van der Waals surface area contributed by atoms with Gasteiger partial charge in [-0.1, -0.05) is 12.1 Å². The third-order valence-corrected chi connectivity index (χ3v) is 2.23. The van der Waals surface area contributed by atoms with Crippen molar-refractivity contribution in [2.45, 2.75) is 19.8 Å². The van der Waals surface area contributed by atoms with E-state index in [4.69, 9.17) is 11.6 Å². The van der Waals surface area contributed by atoms with Crippen molar-refractivity contribution in [3.63, 3.8) is 0 Å². The van der Waals surface area contributed by atoms with Crippen molar-refractivity contribution in [2.24, 2.45) is 0 Å². The summed E-state index contributed by atoms with van der Waals surface area (Å²) in [5, 5.41) is 0. The number of benzene rings is 1. The summed E-state index contributed by atoms with van der Waals surface area (Å²) < 4.78 is 13.0. The Kier molecular flexibility index (Phi) is 3.54. The smallest absolute Gasteiger partial charge is 0.126 e. The van der Waals surface area contributed by atoms with Crippen LogP contribution in [0.2, 0.25) is 0 Å². The third kappa shape index (κ3) is 2.21. The molecule has 12 heavy (non-hydrogen) atoms. The van der Waals surface area contributed by atoms with Crippen LogP contribution in [0.5, 0.6) is 0 Å². The van der Waals surface area contributed by atoms with Crippen molar-refractivity contribution in [3.8, 4) is 0 Å². The van der Waals surface area contributed by atoms with Gasteiger partial charge >= 0.3 is 0 Å². The molecule has 66 valence electrons. The Morgan fingerprint density at radius 3 is 2.83 bits per heavy atom. The van der Waals surface area contributed by atoms with E-state index in [1.165, 1.54) is 6.07 Å². The Morgan fingerprint density at radius 1 is 1.42 bits per heavy atom. The van der Waals surface area contributed by atoms with Crippen molar-refractivity contribution in [2.75, 3.05) is 5.88 Å². The topological polar surface area (TPSA) is 0 Å². The van der Waals surface area contributed by atoms with E-state index in [0.717, 1.165) is 24.0 Å². The van der Waals surface area contributed by atoms with Crippen molar-refractivity contribution >= 4 is 11.6 Å². The van der Waals surface area contributed by atoms with Gasteiger partial charge in [-0.25, -0.2) is 4.39 Å². The van der Waals surface area contributed by atoms with Gasteiger partial charge in [0.2, 0.25) is 0 Å². The van der Waals surface area contributed by atoms with Gasteiger partial charge in [0.25, 0.3) is 0 Å². The summed E-state index contributed by atoms with van der Waals surface area (Å²) in [6.45, 7) is 1.80. The molecule has 0 heterocycles. The van der Waals surface area contributed by atoms with Gasteiger partial charge in [-0.2, -0.15) is 0 Å². The van der Waals surface area contributed by atoms with E-state index in [-0.39, 0.29) is 5.82 Å². The summed E-state index contributed by atoms with van der Waals surface area (Å²) in [6, 6.07) is 5.18. The lowest BCUT2D eigenvalue weighted by molar-refractivity contribution is 0.615. The van der Waals surface area contributed by atoms with Gasteiger partial charge in [0, 0.05) is 5.88 Å². The lowest BCUT2D eigenvalue weighted by Gasteiger charge is -2.04. The highest BCUT2D eigenvalue weighted by molar-refractivity contribution is 6.17. The predicted octanol–water partition coefficient (Wildman–Crippen LogP) is 3.31. The molecule has 0 aliphatic rings. The lowest BCUT2D eigenvalue weighted by atomic mass is 10.0. The summed E-state index contributed by atoms with van der Waals surface area (Å²) in [5.74, 6) is 0.512. The summed E-state index contributed by atoms with van der Waals surface area (Å²) >= 11 is 5.55. The molecule has 0 nitrogen and oxygen atoms in total. The van der Waals surface area contributed by atoms with Crippen LogP contribution in [0.3, 0.4) is 0 Å². The third-order valence-electron chi connectivity index (χ3n) is 1.96. The molecule has 0 aromatic heterocycles. The average molecular weight is 187 g/mol. The first-order valence-electron chi connectivity index (χ1n) is 4.05. The minimum absolute atomic E-state index is 0.123. The highest BCUT2D eigenvalue weighted by Gasteiger charge is 2.01. The van der Waals surface area contributed by atoms with E-state index in [9.17, 15) is 4.39 Å². The summed E-state index contributed by atoms with van der Waals surface area (Å²) in [5.41, 5.74) is 1.82. The van der Waals surface area contributed by atoms with E-state index in [1.54, 1.807) is 13.0 Å². The van der Waals surface area contributed by atoms with Crippen molar-refractivity contribution < 1.29 is 4.39 Å². The van der Waals surface area contributed by atoms with Crippen LogP contribution in [0.15, 0.2) is 18.2 Å². The standard InChI is InChI=1S/C10H12ClF/c1-8-9(5-3-7-11)4-2-6-10(8)12/h2,4,6H,3,5,7H2,1H3. The number of rotatable bonds is 3. The van der Waals surface area contributed by atoms with E-state index >= 15 is 0 Å². The number of hydrogen-bond acceptors (Lipinski definition) is 0. The zero-order valence-corrected chi connectivity index (χ0v) is 7.87. The second-order valence-corrected chi connectivity index (χ2v) is 3.19. The molecule has 0 aliphatic carbocycles. The van der Waals surface area contributed by atoms with Crippen LogP contribution in [0.1, 0.15) is 17.5 Å². The fourth-order valence-electron chi connectivity index (χ4n) is 1.18. The summed E-state index contributed by atoms with van der Waals surface area (Å²) in [4.78, 5) is 0. The Hall–Kier alpha value is -0.560. The molecule has 0 saturated heterocycles. The zero-order valence-electron chi connectivity index (χ0n) is 7.11. The van der Waals surface area contributed by atoms with Crippen LogP contribution < -0.4 is 0 Å². The number of hydrogen-bond donors (Lipinski definition) is 0. The fourth-order valence-corrected chi connectivity index (χ4v) is 1.31. The molecule has 0 bridgehead atoms. The van der Waals surface area contributed by atoms with Crippen molar-refractivity contribution in [1.29, 1.82) is 0 Å². The Balaban J connectivity index is 2.78. The van der Waals surface area contributed by atoms with Gasteiger partial charge in [0.05, 0.1) is 0 Å².